The lowest BCUT2D eigenvalue weighted by molar-refractivity contribution is -0.127. The number of ether oxygens (including phenoxy) is 2. The lowest BCUT2D eigenvalue weighted by Crippen LogP contribution is -2.37. The molecule has 0 heterocycles. The highest BCUT2D eigenvalue weighted by atomic mass is 35.5. The van der Waals surface area contributed by atoms with Gasteiger partial charge in [-0.1, -0.05) is 30.9 Å². The lowest BCUT2D eigenvalue weighted by atomic mass is 9.94. The summed E-state index contributed by atoms with van der Waals surface area (Å²) in [5.74, 6) is 1.12. The van der Waals surface area contributed by atoms with E-state index in [2.05, 4.69) is 0 Å². The third-order valence-electron chi connectivity index (χ3n) is 4.43. The molecule has 0 N–H and O–H groups in total. The molecule has 1 saturated carbocycles. The van der Waals surface area contributed by atoms with Crippen LogP contribution in [0.15, 0.2) is 18.2 Å². The molecule has 24 heavy (non-hydrogen) atoms. The van der Waals surface area contributed by atoms with Crippen molar-refractivity contribution in [2.45, 2.75) is 45.1 Å². The van der Waals surface area contributed by atoms with Crippen molar-refractivity contribution in [1.29, 1.82) is 0 Å². The number of rotatable bonds is 6. The minimum atomic E-state index is 0.0193. The van der Waals surface area contributed by atoms with Gasteiger partial charge in [0, 0.05) is 19.2 Å². The van der Waals surface area contributed by atoms with Crippen LogP contribution >= 0.6 is 11.6 Å². The number of likely N-dealkylation sites (N-methyl/N-ethyl adjacent to an activating group) is 1. The van der Waals surface area contributed by atoms with Crippen molar-refractivity contribution >= 4 is 23.6 Å². The molecule has 5 heteroatoms. The first kappa shape index (κ1) is 18.7. The summed E-state index contributed by atoms with van der Waals surface area (Å²) >= 11 is 6.26. The third-order valence-corrected chi connectivity index (χ3v) is 4.71. The van der Waals surface area contributed by atoms with Gasteiger partial charge in [0.05, 0.1) is 18.7 Å². The van der Waals surface area contributed by atoms with Crippen molar-refractivity contribution in [3.8, 4) is 11.5 Å². The number of carbonyl (C=O) groups is 1. The van der Waals surface area contributed by atoms with Gasteiger partial charge in [0.25, 0.3) is 0 Å². The van der Waals surface area contributed by atoms with Gasteiger partial charge in [-0.2, -0.15) is 0 Å². The average molecular weight is 352 g/mol. The maximum Gasteiger partial charge on any atom is 0.246 e. The summed E-state index contributed by atoms with van der Waals surface area (Å²) in [6.07, 6.45) is 9.25. The molecule has 0 atom stereocenters. The zero-order valence-corrected chi connectivity index (χ0v) is 15.4. The highest BCUT2D eigenvalue weighted by Crippen LogP contribution is 2.36. The van der Waals surface area contributed by atoms with Crippen molar-refractivity contribution < 1.29 is 14.3 Å². The van der Waals surface area contributed by atoms with Gasteiger partial charge in [0.2, 0.25) is 5.91 Å². The Hall–Kier alpha value is -1.68. The van der Waals surface area contributed by atoms with Crippen LogP contribution in [0.4, 0.5) is 0 Å². The van der Waals surface area contributed by atoms with Gasteiger partial charge in [-0.25, -0.2) is 0 Å². The smallest absolute Gasteiger partial charge is 0.246 e. The Balaban J connectivity index is 2.10. The summed E-state index contributed by atoms with van der Waals surface area (Å²) in [7, 11) is 3.46. The third kappa shape index (κ3) is 4.67. The maximum absolute atomic E-state index is 12.4. The van der Waals surface area contributed by atoms with Crippen molar-refractivity contribution in [3.05, 3.63) is 28.8 Å². The topological polar surface area (TPSA) is 38.8 Å². The fourth-order valence-corrected chi connectivity index (χ4v) is 3.33. The van der Waals surface area contributed by atoms with Gasteiger partial charge < -0.3 is 14.4 Å². The first-order valence-electron chi connectivity index (χ1n) is 8.52. The second-order valence-corrected chi connectivity index (χ2v) is 6.45. The van der Waals surface area contributed by atoms with E-state index in [1.165, 1.54) is 19.3 Å². The Labute approximate surface area is 149 Å². The van der Waals surface area contributed by atoms with Crippen LogP contribution in [0.25, 0.3) is 6.08 Å². The van der Waals surface area contributed by atoms with Gasteiger partial charge in [-0.15, -0.1) is 0 Å². The van der Waals surface area contributed by atoms with Crippen LogP contribution < -0.4 is 9.47 Å². The van der Waals surface area contributed by atoms with Crippen molar-refractivity contribution in [1.82, 2.24) is 4.90 Å². The Kier molecular flexibility index (Phi) is 6.98. The second-order valence-electron chi connectivity index (χ2n) is 6.04. The molecule has 0 aliphatic heterocycles. The molecule has 0 spiro atoms. The average Bonchev–Trinajstić information content (AvgIpc) is 2.61. The SMILES string of the molecule is CCOc1c(Cl)cc(C=CC(=O)N(C)C2CCCCC2)cc1OC. The van der Waals surface area contributed by atoms with E-state index < -0.39 is 0 Å². The molecule has 2 rings (SSSR count). The molecule has 0 aromatic heterocycles. The first-order chi connectivity index (χ1) is 11.6. The van der Waals surface area contributed by atoms with Crippen LogP contribution in [0.3, 0.4) is 0 Å². The summed E-state index contributed by atoms with van der Waals surface area (Å²) in [5, 5.41) is 0.476. The number of hydrogen-bond acceptors (Lipinski definition) is 3. The van der Waals surface area contributed by atoms with Crippen molar-refractivity contribution in [2.75, 3.05) is 20.8 Å². The fourth-order valence-electron chi connectivity index (χ4n) is 3.05. The van der Waals surface area contributed by atoms with E-state index in [1.54, 1.807) is 25.3 Å². The molecule has 1 aliphatic carbocycles. The minimum absolute atomic E-state index is 0.0193. The number of benzene rings is 1. The predicted molar refractivity (Wildman–Crippen MR) is 97.9 cm³/mol. The van der Waals surface area contributed by atoms with E-state index in [1.807, 2.05) is 24.9 Å². The molecular weight excluding hydrogens is 326 g/mol. The molecule has 1 fully saturated rings. The fraction of sp³-hybridized carbons (Fsp3) is 0.526. The highest BCUT2D eigenvalue weighted by Gasteiger charge is 2.20. The molecule has 4 nitrogen and oxygen atoms in total. The van der Waals surface area contributed by atoms with Crippen LogP contribution in [0.5, 0.6) is 11.5 Å². The van der Waals surface area contributed by atoms with Crippen molar-refractivity contribution in [2.24, 2.45) is 0 Å². The molecule has 0 saturated heterocycles. The zero-order valence-electron chi connectivity index (χ0n) is 14.7. The van der Waals surface area contributed by atoms with E-state index in [0.29, 0.717) is 29.2 Å². The molecule has 1 aliphatic rings. The second kappa shape index (κ2) is 8.97. The minimum Gasteiger partial charge on any atom is -0.493 e. The number of carbonyl (C=O) groups excluding carboxylic acids is 1. The molecular formula is C19H26ClNO3. The Bertz CT molecular complexity index is 595. The first-order valence-corrected chi connectivity index (χ1v) is 8.89. The molecule has 0 radical (unpaired) electrons. The molecule has 0 bridgehead atoms. The summed E-state index contributed by atoms with van der Waals surface area (Å²) in [6, 6.07) is 3.95. The maximum atomic E-state index is 12.4. The van der Waals surface area contributed by atoms with Gasteiger partial charge >= 0.3 is 0 Å². The van der Waals surface area contributed by atoms with E-state index in [9.17, 15) is 4.79 Å². The quantitative estimate of drug-likeness (QED) is 0.705. The molecule has 1 amide bonds. The largest absolute Gasteiger partial charge is 0.493 e. The highest BCUT2D eigenvalue weighted by molar-refractivity contribution is 6.32. The van der Waals surface area contributed by atoms with Gasteiger partial charge in [-0.3, -0.25) is 4.79 Å². The predicted octanol–water partition coefficient (Wildman–Crippen LogP) is 4.55. The van der Waals surface area contributed by atoms with E-state index in [-0.39, 0.29) is 5.91 Å². The number of hydrogen-bond donors (Lipinski definition) is 0. The summed E-state index contributed by atoms with van der Waals surface area (Å²) < 4.78 is 10.8. The number of amides is 1. The Morgan fingerprint density at radius 2 is 2.04 bits per heavy atom. The van der Waals surface area contributed by atoms with Gasteiger partial charge in [0.15, 0.2) is 11.5 Å². The zero-order chi connectivity index (χ0) is 17.5. The number of methoxy groups -OCH3 is 1. The molecule has 1 aromatic carbocycles. The van der Waals surface area contributed by atoms with Crippen molar-refractivity contribution in [3.63, 3.8) is 0 Å². The van der Waals surface area contributed by atoms with Crippen LogP contribution in [0.2, 0.25) is 5.02 Å². The molecule has 0 unspecified atom stereocenters. The monoisotopic (exact) mass is 351 g/mol. The molecule has 1 aromatic rings. The van der Waals surface area contributed by atoms with Gasteiger partial charge in [0.1, 0.15) is 0 Å². The summed E-state index contributed by atoms with van der Waals surface area (Å²) in [5.41, 5.74) is 0.811. The number of halogens is 1. The number of nitrogens with zero attached hydrogens (tertiary/aromatic N) is 1. The van der Waals surface area contributed by atoms with Crippen LogP contribution in [0, 0.1) is 0 Å². The van der Waals surface area contributed by atoms with Gasteiger partial charge in [-0.05, 0) is 43.5 Å². The lowest BCUT2D eigenvalue weighted by Gasteiger charge is -2.30. The van der Waals surface area contributed by atoms with Crippen LogP contribution in [0.1, 0.15) is 44.6 Å². The van der Waals surface area contributed by atoms with E-state index in [0.717, 1.165) is 18.4 Å². The Morgan fingerprint density at radius 3 is 2.67 bits per heavy atom. The molecule has 132 valence electrons. The van der Waals surface area contributed by atoms with E-state index in [4.69, 9.17) is 21.1 Å². The Morgan fingerprint density at radius 1 is 1.33 bits per heavy atom. The van der Waals surface area contributed by atoms with Crippen LogP contribution in [-0.4, -0.2) is 37.6 Å². The van der Waals surface area contributed by atoms with E-state index >= 15 is 0 Å². The van der Waals surface area contributed by atoms with Crippen LogP contribution in [-0.2, 0) is 4.79 Å². The summed E-state index contributed by atoms with van der Waals surface area (Å²) in [4.78, 5) is 14.2. The normalized spacial score (nSPS) is 15.5. The summed E-state index contributed by atoms with van der Waals surface area (Å²) in [6.45, 7) is 2.40. The standard InChI is InChI=1S/C19H26ClNO3/c1-4-24-19-16(20)12-14(13-17(19)23-3)10-11-18(22)21(2)15-8-6-5-7-9-15/h10-13,15H,4-9H2,1-3H3.